The second kappa shape index (κ2) is 10.6. The molecule has 1 heterocycles. The van der Waals surface area contributed by atoms with Gasteiger partial charge in [0, 0.05) is 24.0 Å². The third-order valence-electron chi connectivity index (χ3n) is 4.36. The average Bonchev–Trinajstić information content (AvgIpc) is 2.81. The van der Waals surface area contributed by atoms with Crippen LogP contribution in [0.4, 0.5) is 15.8 Å². The molecule has 1 aromatic heterocycles. The number of amides is 1. The van der Waals surface area contributed by atoms with Crippen molar-refractivity contribution >= 4 is 33.4 Å². The summed E-state index contributed by atoms with van der Waals surface area (Å²) in [6.45, 7) is 1.52. The monoisotopic (exact) mass is 471 g/mol. The summed E-state index contributed by atoms with van der Waals surface area (Å²) < 4.78 is 50.9. The van der Waals surface area contributed by atoms with Gasteiger partial charge in [0.1, 0.15) is 11.5 Å². The van der Waals surface area contributed by atoms with Crippen LogP contribution in [-0.2, 0) is 14.8 Å². The Kier molecular flexibility index (Phi) is 7.62. The van der Waals surface area contributed by atoms with E-state index in [0.717, 1.165) is 0 Å². The summed E-state index contributed by atoms with van der Waals surface area (Å²) in [7, 11) is -2.09. The van der Waals surface area contributed by atoms with Crippen LogP contribution in [0.2, 0.25) is 0 Å². The van der Waals surface area contributed by atoms with Crippen LogP contribution in [-0.4, -0.2) is 32.2 Å². The Morgan fingerprint density at radius 1 is 1.15 bits per heavy atom. The molecule has 2 aromatic carbocycles. The molecule has 0 aliphatic rings. The molecule has 10 heteroatoms. The van der Waals surface area contributed by atoms with Gasteiger partial charge in [0.2, 0.25) is 15.9 Å². The van der Waals surface area contributed by atoms with Crippen molar-refractivity contribution in [3.63, 3.8) is 0 Å². The summed E-state index contributed by atoms with van der Waals surface area (Å²) in [5, 5.41) is 2.64. The van der Waals surface area contributed by atoms with Crippen molar-refractivity contribution in [3.8, 4) is 17.2 Å². The first kappa shape index (κ1) is 23.7. The molecular formula is C23H22FN3O5S. The molecule has 2 N–H and O–H groups in total. The van der Waals surface area contributed by atoms with Crippen LogP contribution in [0.3, 0.4) is 0 Å². The molecule has 0 unspecified atom stereocenters. The van der Waals surface area contributed by atoms with E-state index in [1.54, 1.807) is 24.4 Å². The fraction of sp³-hybridized carbons (Fsp3) is 0.130. The number of ether oxygens (including phenoxy) is 2. The van der Waals surface area contributed by atoms with Gasteiger partial charge < -0.3 is 14.8 Å². The number of carbonyl (C=O) groups excluding carboxylic acids is 1. The van der Waals surface area contributed by atoms with Crippen molar-refractivity contribution < 1.29 is 27.1 Å². The third-order valence-corrected chi connectivity index (χ3v) is 5.65. The Labute approximate surface area is 191 Å². The molecule has 0 atom stereocenters. The number of pyridine rings is 1. The van der Waals surface area contributed by atoms with Gasteiger partial charge in [0.25, 0.3) is 0 Å². The minimum absolute atomic E-state index is 0.0375. The van der Waals surface area contributed by atoms with Crippen LogP contribution in [0, 0.1) is 5.82 Å². The second-order valence-electron chi connectivity index (χ2n) is 6.72. The number of rotatable bonds is 9. The third kappa shape index (κ3) is 6.78. The van der Waals surface area contributed by atoms with Crippen LogP contribution < -0.4 is 19.5 Å². The molecule has 172 valence electrons. The zero-order valence-electron chi connectivity index (χ0n) is 17.9. The number of hydrogen-bond acceptors (Lipinski definition) is 6. The Bertz CT molecular complexity index is 1260. The lowest BCUT2D eigenvalue weighted by atomic mass is 10.2. The first-order valence-corrected chi connectivity index (χ1v) is 11.5. The van der Waals surface area contributed by atoms with Gasteiger partial charge in [-0.25, -0.2) is 12.8 Å². The second-order valence-corrected chi connectivity index (χ2v) is 8.73. The topological polar surface area (TPSA) is 107 Å². The number of sulfonamides is 1. The number of benzene rings is 2. The van der Waals surface area contributed by atoms with Gasteiger partial charge in [-0.2, -0.15) is 0 Å². The molecule has 0 saturated heterocycles. The van der Waals surface area contributed by atoms with Gasteiger partial charge in [-0.3, -0.25) is 14.5 Å². The minimum Gasteiger partial charge on any atom is -0.494 e. The van der Waals surface area contributed by atoms with Crippen LogP contribution in [0.1, 0.15) is 12.5 Å². The molecule has 0 spiro atoms. The molecule has 0 aliphatic heterocycles. The van der Waals surface area contributed by atoms with Gasteiger partial charge in [0.05, 0.1) is 24.7 Å². The van der Waals surface area contributed by atoms with E-state index in [-0.39, 0.29) is 22.9 Å². The Morgan fingerprint density at radius 2 is 1.97 bits per heavy atom. The van der Waals surface area contributed by atoms with Gasteiger partial charge in [-0.15, -0.1) is 0 Å². The van der Waals surface area contributed by atoms with E-state index >= 15 is 0 Å². The maximum atomic E-state index is 14.3. The molecule has 3 rings (SSSR count). The Morgan fingerprint density at radius 3 is 2.64 bits per heavy atom. The number of carbonyl (C=O) groups is 1. The fourth-order valence-electron chi connectivity index (χ4n) is 2.69. The molecule has 8 nitrogen and oxygen atoms in total. The zero-order chi connectivity index (χ0) is 23.8. The van der Waals surface area contributed by atoms with Crippen molar-refractivity contribution in [2.45, 2.75) is 6.92 Å². The lowest BCUT2D eigenvalue weighted by Crippen LogP contribution is -2.15. The van der Waals surface area contributed by atoms with Crippen molar-refractivity contribution in [2.75, 3.05) is 22.9 Å². The van der Waals surface area contributed by atoms with E-state index in [2.05, 4.69) is 15.0 Å². The molecule has 3 aromatic rings. The van der Waals surface area contributed by atoms with E-state index < -0.39 is 21.7 Å². The predicted molar refractivity (Wildman–Crippen MR) is 124 cm³/mol. The summed E-state index contributed by atoms with van der Waals surface area (Å²) in [6, 6.07) is 12.2. The number of methoxy groups -OCH3 is 1. The highest BCUT2D eigenvalue weighted by molar-refractivity contribution is 7.92. The molecule has 33 heavy (non-hydrogen) atoms. The van der Waals surface area contributed by atoms with E-state index in [1.807, 2.05) is 0 Å². The number of halogens is 1. The highest BCUT2D eigenvalue weighted by atomic mass is 32.2. The summed E-state index contributed by atoms with van der Waals surface area (Å²) in [5.74, 6) is -0.443. The number of hydrogen-bond donors (Lipinski definition) is 2. The summed E-state index contributed by atoms with van der Waals surface area (Å²) in [6.07, 6.45) is 5.75. The van der Waals surface area contributed by atoms with Crippen molar-refractivity contribution in [1.29, 1.82) is 0 Å². The highest BCUT2D eigenvalue weighted by Crippen LogP contribution is 2.29. The molecule has 0 bridgehead atoms. The number of aromatic nitrogens is 1. The lowest BCUT2D eigenvalue weighted by Gasteiger charge is -2.12. The van der Waals surface area contributed by atoms with Crippen LogP contribution in [0.15, 0.2) is 67.0 Å². The van der Waals surface area contributed by atoms with Crippen LogP contribution in [0.25, 0.3) is 6.08 Å². The molecule has 0 saturated carbocycles. The average molecular weight is 472 g/mol. The fourth-order valence-corrected chi connectivity index (χ4v) is 3.33. The minimum atomic E-state index is -3.48. The van der Waals surface area contributed by atoms with Gasteiger partial charge in [-0.05, 0) is 55.0 Å². The van der Waals surface area contributed by atoms with Crippen molar-refractivity contribution in [2.24, 2.45) is 0 Å². The largest absolute Gasteiger partial charge is 0.494 e. The zero-order valence-corrected chi connectivity index (χ0v) is 18.7. The Hall–Kier alpha value is -3.92. The number of nitrogens with one attached hydrogen (secondary N) is 2. The maximum absolute atomic E-state index is 14.3. The quantitative estimate of drug-likeness (QED) is 0.447. The van der Waals surface area contributed by atoms with Crippen LogP contribution in [0.5, 0.6) is 17.2 Å². The van der Waals surface area contributed by atoms with E-state index in [4.69, 9.17) is 9.47 Å². The molecular weight excluding hydrogens is 449 g/mol. The van der Waals surface area contributed by atoms with Crippen LogP contribution >= 0.6 is 0 Å². The SMILES string of the molecule is CCS(=O)(=O)Nc1ccc(NC(=O)/C=C/c2ccc(Oc3cccnc3)c(F)c2)cc1OC. The summed E-state index contributed by atoms with van der Waals surface area (Å²) in [4.78, 5) is 16.2. The predicted octanol–water partition coefficient (Wildman–Crippen LogP) is 4.44. The van der Waals surface area contributed by atoms with Crippen molar-refractivity contribution in [1.82, 2.24) is 4.98 Å². The molecule has 0 fully saturated rings. The van der Waals surface area contributed by atoms with E-state index in [1.165, 1.54) is 62.7 Å². The maximum Gasteiger partial charge on any atom is 0.248 e. The number of nitrogens with zero attached hydrogens (tertiary/aromatic N) is 1. The smallest absolute Gasteiger partial charge is 0.248 e. The first-order chi connectivity index (χ1) is 15.8. The molecule has 1 amide bonds. The normalized spacial score (nSPS) is 11.2. The van der Waals surface area contributed by atoms with Gasteiger partial charge in [0.15, 0.2) is 11.6 Å². The standard InChI is InChI=1S/C23H22FN3O5S/c1-3-33(29,30)27-20-9-8-17(14-22(20)31-2)26-23(28)11-7-16-6-10-21(19(24)13-16)32-18-5-4-12-25-15-18/h4-15,27H,3H2,1-2H3,(H,26,28)/b11-7+. The summed E-state index contributed by atoms with van der Waals surface area (Å²) in [5.41, 5.74) is 1.12. The van der Waals surface area contributed by atoms with Gasteiger partial charge in [-0.1, -0.05) is 6.07 Å². The lowest BCUT2D eigenvalue weighted by molar-refractivity contribution is -0.111. The van der Waals surface area contributed by atoms with E-state index in [9.17, 15) is 17.6 Å². The summed E-state index contributed by atoms with van der Waals surface area (Å²) >= 11 is 0. The Balaban J connectivity index is 1.65. The first-order valence-electron chi connectivity index (χ1n) is 9.84. The van der Waals surface area contributed by atoms with Crippen molar-refractivity contribution in [3.05, 3.63) is 78.4 Å². The van der Waals surface area contributed by atoms with Gasteiger partial charge >= 0.3 is 0 Å². The highest BCUT2D eigenvalue weighted by Gasteiger charge is 2.12. The van der Waals surface area contributed by atoms with E-state index in [0.29, 0.717) is 17.0 Å². The molecule has 0 radical (unpaired) electrons. The molecule has 0 aliphatic carbocycles. The number of anilines is 2.